The van der Waals surface area contributed by atoms with Crippen molar-refractivity contribution in [1.82, 2.24) is 0 Å². The second kappa shape index (κ2) is 6.96. The predicted octanol–water partition coefficient (Wildman–Crippen LogP) is 4.77. The molecule has 1 aromatic heterocycles. The van der Waals surface area contributed by atoms with E-state index in [1.54, 1.807) is 25.3 Å². The molecule has 3 rings (SSSR count). The van der Waals surface area contributed by atoms with Crippen molar-refractivity contribution < 1.29 is 9.53 Å². The number of ether oxygens (including phenoxy) is 1. The van der Waals surface area contributed by atoms with Crippen molar-refractivity contribution in [2.24, 2.45) is 5.92 Å². The number of nitriles is 1. The maximum atomic E-state index is 12.5. The molecular weight excluding hydrogens is 388 g/mol. The average molecular weight is 405 g/mol. The van der Waals surface area contributed by atoms with Crippen LogP contribution in [-0.4, -0.2) is 13.0 Å². The fourth-order valence-electron chi connectivity index (χ4n) is 2.94. The second-order valence-corrected chi connectivity index (χ2v) is 7.93. The summed E-state index contributed by atoms with van der Waals surface area (Å²) in [5, 5.41) is 13.1. The molecule has 1 amide bonds. The van der Waals surface area contributed by atoms with Crippen molar-refractivity contribution in [1.29, 1.82) is 5.26 Å². The summed E-state index contributed by atoms with van der Waals surface area (Å²) in [6, 6.07) is 7.44. The normalized spacial score (nSPS) is 16.2. The molecule has 1 heterocycles. The molecule has 4 nitrogen and oxygen atoms in total. The summed E-state index contributed by atoms with van der Waals surface area (Å²) in [6.07, 6.45) is 3.00. The van der Waals surface area contributed by atoms with Gasteiger partial charge in [0.05, 0.1) is 17.1 Å². The molecular formula is C18H17BrN2O2S. The van der Waals surface area contributed by atoms with E-state index in [0.717, 1.165) is 29.3 Å². The molecule has 1 aliphatic carbocycles. The van der Waals surface area contributed by atoms with E-state index >= 15 is 0 Å². The number of methoxy groups -OCH3 is 1. The quantitative estimate of drug-likeness (QED) is 0.801. The maximum absolute atomic E-state index is 12.5. The first-order valence-corrected chi connectivity index (χ1v) is 9.34. The van der Waals surface area contributed by atoms with Crippen LogP contribution in [0.1, 0.15) is 39.7 Å². The third kappa shape index (κ3) is 3.19. The number of carbonyl (C=O) groups excluding carboxylic acids is 1. The Morgan fingerprint density at radius 1 is 1.50 bits per heavy atom. The molecule has 0 bridgehead atoms. The van der Waals surface area contributed by atoms with Crippen molar-refractivity contribution in [2.75, 3.05) is 12.4 Å². The van der Waals surface area contributed by atoms with Gasteiger partial charge in [-0.1, -0.05) is 6.92 Å². The van der Waals surface area contributed by atoms with Crippen LogP contribution in [0.4, 0.5) is 5.00 Å². The number of carbonyl (C=O) groups is 1. The number of benzene rings is 1. The van der Waals surface area contributed by atoms with E-state index in [1.165, 1.54) is 16.2 Å². The Morgan fingerprint density at radius 3 is 2.96 bits per heavy atom. The molecule has 0 aliphatic heterocycles. The first kappa shape index (κ1) is 17.0. The van der Waals surface area contributed by atoms with Gasteiger partial charge in [0.15, 0.2) is 0 Å². The Bertz CT molecular complexity index is 838. The van der Waals surface area contributed by atoms with Crippen LogP contribution in [0.2, 0.25) is 0 Å². The number of thiophene rings is 1. The number of hydrogen-bond donors (Lipinski definition) is 1. The zero-order valence-electron chi connectivity index (χ0n) is 13.5. The smallest absolute Gasteiger partial charge is 0.256 e. The zero-order chi connectivity index (χ0) is 17.3. The summed E-state index contributed by atoms with van der Waals surface area (Å²) < 4.78 is 5.90. The Balaban J connectivity index is 1.87. The van der Waals surface area contributed by atoms with Crippen molar-refractivity contribution >= 4 is 38.2 Å². The number of amides is 1. The number of nitrogens with one attached hydrogen (secondary N) is 1. The summed E-state index contributed by atoms with van der Waals surface area (Å²) in [5.74, 6) is 1.08. The minimum atomic E-state index is -0.221. The van der Waals surface area contributed by atoms with Crippen LogP contribution in [0.3, 0.4) is 0 Å². The van der Waals surface area contributed by atoms with Crippen LogP contribution in [0.25, 0.3) is 0 Å². The van der Waals surface area contributed by atoms with Gasteiger partial charge in [0.2, 0.25) is 0 Å². The maximum Gasteiger partial charge on any atom is 0.256 e. The summed E-state index contributed by atoms with van der Waals surface area (Å²) in [6.45, 7) is 2.22. The largest absolute Gasteiger partial charge is 0.496 e. The molecule has 0 radical (unpaired) electrons. The minimum absolute atomic E-state index is 0.221. The Hall–Kier alpha value is -1.84. The lowest BCUT2D eigenvalue weighted by atomic mass is 9.88. The number of halogens is 1. The number of fused-ring (bicyclic) bond motifs is 1. The van der Waals surface area contributed by atoms with E-state index in [-0.39, 0.29) is 5.91 Å². The third-order valence-corrected chi connectivity index (χ3v) is 6.05. The van der Waals surface area contributed by atoms with Crippen LogP contribution in [0.15, 0.2) is 22.7 Å². The lowest BCUT2D eigenvalue weighted by molar-refractivity contribution is 0.102. The number of hydrogen-bond acceptors (Lipinski definition) is 4. The number of anilines is 1. The number of nitrogens with zero attached hydrogens (tertiary/aromatic N) is 1. The minimum Gasteiger partial charge on any atom is -0.496 e. The molecule has 0 fully saturated rings. The van der Waals surface area contributed by atoms with Gasteiger partial charge in [0.25, 0.3) is 5.91 Å². The van der Waals surface area contributed by atoms with Gasteiger partial charge in [-0.25, -0.2) is 0 Å². The Kier molecular flexibility index (Phi) is 4.93. The lowest BCUT2D eigenvalue weighted by Gasteiger charge is -2.17. The molecule has 1 aliphatic rings. The summed E-state index contributed by atoms with van der Waals surface area (Å²) >= 11 is 4.92. The molecule has 6 heteroatoms. The second-order valence-electron chi connectivity index (χ2n) is 5.97. The van der Waals surface area contributed by atoms with Crippen molar-refractivity contribution in [3.8, 4) is 11.8 Å². The highest BCUT2D eigenvalue weighted by Crippen LogP contribution is 2.39. The van der Waals surface area contributed by atoms with E-state index in [0.29, 0.717) is 27.8 Å². The molecule has 0 unspecified atom stereocenters. The first-order valence-electron chi connectivity index (χ1n) is 7.73. The molecule has 1 N–H and O–H groups in total. The molecule has 0 saturated carbocycles. The van der Waals surface area contributed by atoms with Crippen molar-refractivity contribution in [2.45, 2.75) is 26.2 Å². The highest BCUT2D eigenvalue weighted by molar-refractivity contribution is 9.10. The van der Waals surface area contributed by atoms with Gasteiger partial charge < -0.3 is 10.1 Å². The predicted molar refractivity (Wildman–Crippen MR) is 98.9 cm³/mol. The van der Waals surface area contributed by atoms with E-state index in [1.807, 2.05) is 0 Å². The molecule has 1 atom stereocenters. The van der Waals surface area contributed by atoms with E-state index in [2.05, 4.69) is 34.2 Å². The monoisotopic (exact) mass is 404 g/mol. The van der Waals surface area contributed by atoms with E-state index in [4.69, 9.17) is 4.74 Å². The third-order valence-electron chi connectivity index (χ3n) is 4.26. The molecule has 0 spiro atoms. The van der Waals surface area contributed by atoms with Crippen LogP contribution in [0, 0.1) is 17.2 Å². The van der Waals surface area contributed by atoms with Crippen LogP contribution >= 0.6 is 27.3 Å². The molecule has 24 heavy (non-hydrogen) atoms. The Labute approximate surface area is 153 Å². The molecule has 1 aromatic carbocycles. The highest BCUT2D eigenvalue weighted by Gasteiger charge is 2.25. The van der Waals surface area contributed by atoms with Gasteiger partial charge in [0.1, 0.15) is 16.8 Å². The standard InChI is InChI=1S/C18H17BrN2O2S/c1-10-3-5-12-13(9-20)18(24-16(12)7-10)21-17(22)11-4-6-15(23-2)14(19)8-11/h4,6,8,10H,3,5,7H2,1-2H3,(H,21,22)/t10-/m1/s1. The van der Waals surface area contributed by atoms with Gasteiger partial charge in [-0.2, -0.15) is 5.26 Å². The van der Waals surface area contributed by atoms with Crippen molar-refractivity contribution in [3.05, 3.63) is 44.2 Å². The summed E-state index contributed by atoms with van der Waals surface area (Å²) in [7, 11) is 1.58. The van der Waals surface area contributed by atoms with Gasteiger partial charge in [-0.3, -0.25) is 4.79 Å². The topological polar surface area (TPSA) is 62.1 Å². The Morgan fingerprint density at radius 2 is 2.29 bits per heavy atom. The van der Waals surface area contributed by atoms with Gasteiger partial charge in [-0.15, -0.1) is 11.3 Å². The molecule has 0 saturated heterocycles. The van der Waals surface area contributed by atoms with Crippen LogP contribution in [0.5, 0.6) is 5.75 Å². The highest BCUT2D eigenvalue weighted by atomic mass is 79.9. The zero-order valence-corrected chi connectivity index (χ0v) is 15.9. The van der Waals surface area contributed by atoms with E-state index in [9.17, 15) is 10.1 Å². The molecule has 2 aromatic rings. The van der Waals surface area contributed by atoms with E-state index < -0.39 is 0 Å². The average Bonchev–Trinajstić information content (AvgIpc) is 2.90. The van der Waals surface area contributed by atoms with Crippen LogP contribution < -0.4 is 10.1 Å². The summed E-state index contributed by atoms with van der Waals surface area (Å²) in [5.41, 5.74) is 2.26. The summed E-state index contributed by atoms with van der Waals surface area (Å²) in [4.78, 5) is 13.8. The SMILES string of the molecule is COc1ccc(C(=O)Nc2sc3c(c2C#N)CC[C@@H](C)C3)cc1Br. The fourth-order valence-corrected chi connectivity index (χ4v) is 4.84. The molecule has 124 valence electrons. The van der Waals surface area contributed by atoms with Gasteiger partial charge >= 0.3 is 0 Å². The number of rotatable bonds is 3. The van der Waals surface area contributed by atoms with Crippen LogP contribution in [-0.2, 0) is 12.8 Å². The fraction of sp³-hybridized carbons (Fsp3) is 0.333. The van der Waals surface area contributed by atoms with Gasteiger partial charge in [0, 0.05) is 10.4 Å². The lowest BCUT2D eigenvalue weighted by Crippen LogP contribution is -2.12. The van der Waals surface area contributed by atoms with Crippen molar-refractivity contribution in [3.63, 3.8) is 0 Å². The van der Waals surface area contributed by atoms with Gasteiger partial charge in [-0.05, 0) is 64.9 Å². The first-order chi connectivity index (χ1) is 11.5.